The number of aryl methyl sites for hydroxylation is 1. The van der Waals surface area contributed by atoms with E-state index in [0.29, 0.717) is 16.6 Å². The van der Waals surface area contributed by atoms with Crippen LogP contribution in [0.25, 0.3) is 5.69 Å². The van der Waals surface area contributed by atoms with Crippen molar-refractivity contribution in [3.63, 3.8) is 0 Å². The number of ether oxygens (including phenoxy) is 2. The number of benzene rings is 2. The number of rotatable bonds is 6. The molecule has 5 rings (SSSR count). The number of nitrogens with zero attached hydrogens (tertiary/aromatic N) is 3. The van der Waals surface area contributed by atoms with Crippen LogP contribution < -0.4 is 19.7 Å². The molecular weight excluding hydrogens is 475 g/mol. The third kappa shape index (κ3) is 4.07. The van der Waals surface area contributed by atoms with Gasteiger partial charge in [-0.15, -0.1) is 0 Å². The number of hydrogen-bond donors (Lipinski definition) is 1. The molecule has 0 bridgehead atoms. The monoisotopic (exact) mass is 502 g/mol. The summed E-state index contributed by atoms with van der Waals surface area (Å²) in [7, 11) is 3.27. The zero-order valence-electron chi connectivity index (χ0n) is 20.5. The van der Waals surface area contributed by atoms with E-state index < -0.39 is 0 Å². The molecule has 6 nitrogen and oxygen atoms in total. The van der Waals surface area contributed by atoms with Gasteiger partial charge in [0.15, 0.2) is 5.11 Å². The summed E-state index contributed by atoms with van der Waals surface area (Å²) in [5, 5.41) is 4.04. The molecule has 0 unspecified atom stereocenters. The lowest BCUT2D eigenvalue weighted by atomic mass is 9.96. The van der Waals surface area contributed by atoms with Gasteiger partial charge in [0, 0.05) is 29.3 Å². The van der Waals surface area contributed by atoms with Crippen molar-refractivity contribution in [3.05, 3.63) is 101 Å². The number of anilines is 1. The Bertz CT molecular complexity index is 1420. The Kier molecular flexibility index (Phi) is 6.36. The minimum atomic E-state index is -0.278. The van der Waals surface area contributed by atoms with Crippen LogP contribution in [-0.4, -0.2) is 28.9 Å². The molecule has 0 aliphatic carbocycles. The van der Waals surface area contributed by atoms with Gasteiger partial charge in [-0.3, -0.25) is 4.98 Å². The topological polar surface area (TPSA) is 51.6 Å². The normalized spacial score (nSPS) is 17.2. The number of nitrogens with one attached hydrogen (secondary N) is 1. The Morgan fingerprint density at radius 1 is 0.972 bits per heavy atom. The number of hydrogen-bond acceptors (Lipinski definition) is 4. The lowest BCUT2D eigenvalue weighted by molar-refractivity contribution is 0.403. The van der Waals surface area contributed by atoms with Crippen molar-refractivity contribution in [1.82, 2.24) is 14.9 Å². The molecule has 2 atom stereocenters. The van der Waals surface area contributed by atoms with Crippen LogP contribution in [0.4, 0.5) is 10.1 Å². The van der Waals surface area contributed by atoms with Crippen molar-refractivity contribution in [2.75, 3.05) is 19.1 Å². The van der Waals surface area contributed by atoms with E-state index in [1.165, 1.54) is 6.07 Å². The number of pyridine rings is 1. The molecule has 0 saturated carbocycles. The number of halogens is 1. The second-order valence-electron chi connectivity index (χ2n) is 8.68. The number of aromatic nitrogens is 2. The third-order valence-electron chi connectivity index (χ3n) is 6.60. The summed E-state index contributed by atoms with van der Waals surface area (Å²) in [6.07, 6.45) is 1.78. The summed E-state index contributed by atoms with van der Waals surface area (Å²) in [4.78, 5) is 6.71. The van der Waals surface area contributed by atoms with E-state index in [1.54, 1.807) is 32.5 Å². The first-order valence-corrected chi connectivity index (χ1v) is 12.0. The molecule has 2 aromatic heterocycles. The van der Waals surface area contributed by atoms with Gasteiger partial charge >= 0.3 is 0 Å². The Labute approximate surface area is 215 Å². The molecule has 184 valence electrons. The van der Waals surface area contributed by atoms with E-state index in [1.807, 2.05) is 56.3 Å². The van der Waals surface area contributed by atoms with Gasteiger partial charge in [0.1, 0.15) is 17.3 Å². The van der Waals surface area contributed by atoms with Crippen LogP contribution in [0.1, 0.15) is 34.7 Å². The van der Waals surface area contributed by atoms with E-state index in [0.717, 1.165) is 34.0 Å². The molecule has 1 aliphatic heterocycles. The Hall–Kier alpha value is -3.91. The highest BCUT2D eigenvalue weighted by Gasteiger charge is 2.43. The third-order valence-corrected chi connectivity index (χ3v) is 6.91. The molecule has 4 aromatic rings. The molecule has 1 aliphatic rings. The fourth-order valence-corrected chi connectivity index (χ4v) is 5.35. The average molecular weight is 503 g/mol. The maximum atomic E-state index is 14.1. The first-order valence-electron chi connectivity index (χ1n) is 11.6. The number of methoxy groups -OCH3 is 2. The zero-order chi connectivity index (χ0) is 25.4. The van der Waals surface area contributed by atoms with Gasteiger partial charge < -0.3 is 24.3 Å². The minimum absolute atomic E-state index is 0.226. The highest BCUT2D eigenvalue weighted by atomic mass is 32.1. The van der Waals surface area contributed by atoms with Crippen LogP contribution in [0.2, 0.25) is 0 Å². The van der Waals surface area contributed by atoms with E-state index in [-0.39, 0.29) is 17.9 Å². The molecule has 2 aromatic carbocycles. The molecule has 8 heteroatoms. The summed E-state index contributed by atoms with van der Waals surface area (Å²) in [6, 6.07) is 19.8. The van der Waals surface area contributed by atoms with Gasteiger partial charge in [0.25, 0.3) is 0 Å². The van der Waals surface area contributed by atoms with E-state index in [9.17, 15) is 4.39 Å². The molecule has 1 fully saturated rings. The van der Waals surface area contributed by atoms with E-state index in [2.05, 4.69) is 25.8 Å². The van der Waals surface area contributed by atoms with Crippen molar-refractivity contribution >= 4 is 23.0 Å². The fourth-order valence-electron chi connectivity index (χ4n) is 5.02. The van der Waals surface area contributed by atoms with Crippen LogP contribution in [0.3, 0.4) is 0 Å². The fraction of sp³-hybridized carbons (Fsp3) is 0.214. The second kappa shape index (κ2) is 9.62. The first-order chi connectivity index (χ1) is 17.4. The highest BCUT2D eigenvalue weighted by Crippen LogP contribution is 2.47. The van der Waals surface area contributed by atoms with Crippen molar-refractivity contribution in [3.8, 4) is 17.2 Å². The van der Waals surface area contributed by atoms with Crippen LogP contribution in [0, 0.1) is 19.7 Å². The predicted octanol–water partition coefficient (Wildman–Crippen LogP) is 5.82. The summed E-state index contributed by atoms with van der Waals surface area (Å²) >= 11 is 5.89. The predicted molar refractivity (Wildman–Crippen MR) is 143 cm³/mol. The lowest BCUT2D eigenvalue weighted by Crippen LogP contribution is -2.30. The molecule has 36 heavy (non-hydrogen) atoms. The zero-order valence-corrected chi connectivity index (χ0v) is 21.3. The van der Waals surface area contributed by atoms with Gasteiger partial charge in [-0.1, -0.05) is 12.1 Å². The van der Waals surface area contributed by atoms with Crippen LogP contribution >= 0.6 is 12.2 Å². The lowest BCUT2D eigenvalue weighted by Gasteiger charge is -2.29. The maximum Gasteiger partial charge on any atom is 0.174 e. The Morgan fingerprint density at radius 3 is 2.50 bits per heavy atom. The van der Waals surface area contributed by atoms with Gasteiger partial charge in [0.05, 0.1) is 37.7 Å². The van der Waals surface area contributed by atoms with Gasteiger partial charge in [-0.25, -0.2) is 4.39 Å². The smallest absolute Gasteiger partial charge is 0.174 e. The molecule has 0 spiro atoms. The molecule has 1 saturated heterocycles. The van der Waals surface area contributed by atoms with E-state index >= 15 is 0 Å². The van der Waals surface area contributed by atoms with Crippen molar-refractivity contribution in [2.24, 2.45) is 0 Å². The summed E-state index contributed by atoms with van der Waals surface area (Å²) in [5.41, 5.74) is 5.44. The molecular formula is C28H27FN4O2S. The van der Waals surface area contributed by atoms with Crippen molar-refractivity contribution in [1.29, 1.82) is 0 Å². The first kappa shape index (κ1) is 23.8. The standard InChI is InChI=1S/C28H27FN4O2S/c1-17-14-22(18(2)32(17)20-9-7-8-19(29)15-20)27-26(23-10-5-6-13-30-23)31-28(36)33(27)24-16-21(34-3)11-12-25(24)35-4/h5-16,26-27H,1-4H3,(H,31,36)/t26-,27-/m1/s1. The van der Waals surface area contributed by atoms with Crippen LogP contribution in [0.5, 0.6) is 11.5 Å². The van der Waals surface area contributed by atoms with Crippen molar-refractivity contribution < 1.29 is 13.9 Å². The van der Waals surface area contributed by atoms with Crippen molar-refractivity contribution in [2.45, 2.75) is 25.9 Å². The minimum Gasteiger partial charge on any atom is -0.497 e. The Balaban J connectivity index is 1.72. The summed E-state index contributed by atoms with van der Waals surface area (Å²) in [5.74, 6) is 1.09. The quantitative estimate of drug-likeness (QED) is 0.335. The number of thiocarbonyl (C=S) groups is 1. The maximum absolute atomic E-state index is 14.1. The molecule has 0 amide bonds. The summed E-state index contributed by atoms with van der Waals surface area (Å²) < 4.78 is 27.4. The largest absolute Gasteiger partial charge is 0.497 e. The van der Waals surface area contributed by atoms with Crippen LogP contribution in [-0.2, 0) is 0 Å². The average Bonchev–Trinajstić information content (AvgIpc) is 3.38. The molecule has 3 heterocycles. The van der Waals surface area contributed by atoms with E-state index in [4.69, 9.17) is 21.7 Å². The van der Waals surface area contributed by atoms with Crippen LogP contribution in [0.15, 0.2) is 72.9 Å². The Morgan fingerprint density at radius 2 is 1.81 bits per heavy atom. The highest BCUT2D eigenvalue weighted by molar-refractivity contribution is 7.80. The summed E-state index contributed by atoms with van der Waals surface area (Å²) in [6.45, 7) is 4.07. The second-order valence-corrected chi connectivity index (χ2v) is 9.06. The molecule has 0 radical (unpaired) electrons. The SMILES string of the molecule is COc1ccc(OC)c(N2C(=S)N[C@H](c3ccccn3)[C@H]2c2cc(C)n(-c3cccc(F)c3)c2C)c1. The molecule has 1 N–H and O–H groups in total. The van der Waals surface area contributed by atoms with Gasteiger partial charge in [0.2, 0.25) is 0 Å². The van der Waals surface area contributed by atoms with Gasteiger partial charge in [-0.2, -0.15) is 0 Å². The van der Waals surface area contributed by atoms with Gasteiger partial charge in [-0.05, 0) is 80.2 Å².